The summed E-state index contributed by atoms with van der Waals surface area (Å²) in [5, 5.41) is 4.30. The molecule has 1 aromatic carbocycles. The second kappa shape index (κ2) is 5.79. The largest absolute Gasteiger partial charge is 0.493 e. The lowest BCUT2D eigenvalue weighted by molar-refractivity contribution is 0.351. The molecule has 0 spiro atoms. The summed E-state index contributed by atoms with van der Waals surface area (Å²) in [5.74, 6) is 6.79. The fourth-order valence-electron chi connectivity index (χ4n) is 2.83. The Labute approximate surface area is 132 Å². The van der Waals surface area contributed by atoms with Crippen molar-refractivity contribution < 1.29 is 4.74 Å². The second-order valence-electron chi connectivity index (χ2n) is 5.38. The Balaban J connectivity index is 1.93. The average molecular weight is 351 g/mol. The number of nitrogens with one attached hydrogen (secondary N) is 1. The lowest BCUT2D eigenvalue weighted by Crippen LogP contribution is -2.30. The van der Waals surface area contributed by atoms with Gasteiger partial charge >= 0.3 is 0 Å². The standard InChI is InChI=1S/C15H19BrN4O/c1-9-13(8-18-20(9)2)14(19-17)7-11-6-12(16)5-10-3-4-21-15(10)11/h5-6,8,14,19H,3-4,7,17H2,1-2H3. The summed E-state index contributed by atoms with van der Waals surface area (Å²) in [5.41, 5.74) is 7.57. The van der Waals surface area contributed by atoms with Gasteiger partial charge in [-0.25, -0.2) is 0 Å². The topological polar surface area (TPSA) is 65.1 Å². The molecule has 0 bridgehead atoms. The number of hydrogen-bond acceptors (Lipinski definition) is 4. The molecule has 0 saturated heterocycles. The van der Waals surface area contributed by atoms with Crippen LogP contribution in [0.25, 0.3) is 0 Å². The number of aryl methyl sites for hydroxylation is 1. The van der Waals surface area contributed by atoms with Crippen LogP contribution in [-0.2, 0) is 19.9 Å². The number of hydrogen-bond donors (Lipinski definition) is 2. The highest BCUT2D eigenvalue weighted by Crippen LogP contribution is 2.35. The first kappa shape index (κ1) is 14.6. The lowest BCUT2D eigenvalue weighted by atomic mass is 9.97. The summed E-state index contributed by atoms with van der Waals surface area (Å²) < 4.78 is 8.74. The molecule has 1 atom stereocenters. The highest BCUT2D eigenvalue weighted by molar-refractivity contribution is 9.10. The van der Waals surface area contributed by atoms with Crippen molar-refractivity contribution in [1.29, 1.82) is 0 Å². The van der Waals surface area contributed by atoms with Crippen molar-refractivity contribution in [2.75, 3.05) is 6.61 Å². The molecule has 0 radical (unpaired) electrons. The van der Waals surface area contributed by atoms with Crippen LogP contribution in [0.15, 0.2) is 22.8 Å². The van der Waals surface area contributed by atoms with Crippen molar-refractivity contribution in [3.63, 3.8) is 0 Å². The Morgan fingerprint density at radius 2 is 2.33 bits per heavy atom. The molecule has 2 aromatic rings. The minimum Gasteiger partial charge on any atom is -0.493 e. The summed E-state index contributed by atoms with van der Waals surface area (Å²) >= 11 is 3.58. The molecule has 2 heterocycles. The van der Waals surface area contributed by atoms with Gasteiger partial charge in [0.05, 0.1) is 18.8 Å². The van der Waals surface area contributed by atoms with Crippen molar-refractivity contribution in [2.45, 2.75) is 25.8 Å². The van der Waals surface area contributed by atoms with Gasteiger partial charge in [-0.05, 0) is 36.6 Å². The molecule has 21 heavy (non-hydrogen) atoms. The SMILES string of the molecule is Cc1c(C(Cc2cc(Br)cc3c2OCC3)NN)cnn1C. The highest BCUT2D eigenvalue weighted by Gasteiger charge is 2.22. The van der Waals surface area contributed by atoms with Gasteiger partial charge in [-0.15, -0.1) is 0 Å². The van der Waals surface area contributed by atoms with Gasteiger partial charge in [0.1, 0.15) is 5.75 Å². The molecule has 0 saturated carbocycles. The van der Waals surface area contributed by atoms with Crippen LogP contribution in [0.2, 0.25) is 0 Å². The van der Waals surface area contributed by atoms with Gasteiger partial charge in [-0.2, -0.15) is 5.10 Å². The van der Waals surface area contributed by atoms with E-state index in [1.165, 1.54) is 11.1 Å². The zero-order chi connectivity index (χ0) is 15.0. The predicted molar refractivity (Wildman–Crippen MR) is 85.1 cm³/mol. The number of nitrogens with zero attached hydrogens (tertiary/aromatic N) is 2. The van der Waals surface area contributed by atoms with Crippen LogP contribution in [0.1, 0.15) is 28.4 Å². The van der Waals surface area contributed by atoms with E-state index in [0.29, 0.717) is 0 Å². The van der Waals surface area contributed by atoms with Gasteiger partial charge < -0.3 is 4.74 Å². The minimum absolute atomic E-state index is 0.0151. The number of benzene rings is 1. The van der Waals surface area contributed by atoms with E-state index in [0.717, 1.165) is 40.9 Å². The summed E-state index contributed by atoms with van der Waals surface area (Å²) in [6.07, 6.45) is 3.61. The Morgan fingerprint density at radius 3 is 3.00 bits per heavy atom. The number of ether oxygens (including phenoxy) is 1. The third kappa shape index (κ3) is 2.71. The maximum absolute atomic E-state index is 5.79. The number of rotatable bonds is 4. The molecular weight excluding hydrogens is 332 g/mol. The molecule has 1 unspecified atom stereocenters. The molecule has 3 rings (SSSR count). The van der Waals surface area contributed by atoms with Crippen LogP contribution >= 0.6 is 15.9 Å². The number of aromatic nitrogens is 2. The molecule has 3 N–H and O–H groups in total. The van der Waals surface area contributed by atoms with E-state index in [2.05, 4.69) is 45.5 Å². The van der Waals surface area contributed by atoms with E-state index in [4.69, 9.17) is 10.6 Å². The van der Waals surface area contributed by atoms with Gasteiger partial charge in [-0.1, -0.05) is 15.9 Å². The first-order valence-corrected chi connectivity index (χ1v) is 7.78. The van der Waals surface area contributed by atoms with Crippen LogP contribution in [0.4, 0.5) is 0 Å². The van der Waals surface area contributed by atoms with E-state index in [1.807, 2.05) is 17.9 Å². The van der Waals surface area contributed by atoms with Crippen LogP contribution in [0.5, 0.6) is 5.75 Å². The number of fused-ring (bicyclic) bond motifs is 1. The molecule has 0 fully saturated rings. The summed E-state index contributed by atoms with van der Waals surface area (Å²) in [6, 6.07) is 4.26. The zero-order valence-electron chi connectivity index (χ0n) is 12.2. The van der Waals surface area contributed by atoms with Crippen molar-refractivity contribution in [1.82, 2.24) is 15.2 Å². The third-order valence-electron chi connectivity index (χ3n) is 4.10. The zero-order valence-corrected chi connectivity index (χ0v) is 13.8. The monoisotopic (exact) mass is 350 g/mol. The summed E-state index contributed by atoms with van der Waals surface area (Å²) in [6.45, 7) is 2.81. The van der Waals surface area contributed by atoms with Gasteiger partial charge in [0.2, 0.25) is 0 Å². The fraction of sp³-hybridized carbons (Fsp3) is 0.400. The molecule has 1 aromatic heterocycles. The van der Waals surface area contributed by atoms with Crippen molar-refractivity contribution >= 4 is 15.9 Å². The first-order valence-electron chi connectivity index (χ1n) is 6.99. The Hall–Kier alpha value is -1.37. The molecule has 112 valence electrons. The van der Waals surface area contributed by atoms with E-state index >= 15 is 0 Å². The van der Waals surface area contributed by atoms with E-state index < -0.39 is 0 Å². The average Bonchev–Trinajstić information content (AvgIpc) is 3.04. The smallest absolute Gasteiger partial charge is 0.125 e. The van der Waals surface area contributed by atoms with Crippen LogP contribution < -0.4 is 16.0 Å². The van der Waals surface area contributed by atoms with Gasteiger partial charge in [0, 0.05) is 29.2 Å². The molecule has 0 aliphatic carbocycles. The molecule has 5 nitrogen and oxygen atoms in total. The second-order valence-corrected chi connectivity index (χ2v) is 6.30. The minimum atomic E-state index is 0.0151. The number of hydrazine groups is 1. The summed E-state index contributed by atoms with van der Waals surface area (Å²) in [4.78, 5) is 0. The van der Waals surface area contributed by atoms with Gasteiger partial charge in [-0.3, -0.25) is 16.0 Å². The lowest BCUT2D eigenvalue weighted by Gasteiger charge is -2.18. The van der Waals surface area contributed by atoms with E-state index in [1.54, 1.807) is 0 Å². The van der Waals surface area contributed by atoms with E-state index in [-0.39, 0.29) is 6.04 Å². The van der Waals surface area contributed by atoms with Gasteiger partial charge in [0.15, 0.2) is 0 Å². The Bertz CT molecular complexity index is 668. The maximum Gasteiger partial charge on any atom is 0.125 e. The number of nitrogens with two attached hydrogens (primary N) is 1. The first-order chi connectivity index (χ1) is 10.1. The van der Waals surface area contributed by atoms with Crippen molar-refractivity contribution in [2.24, 2.45) is 12.9 Å². The van der Waals surface area contributed by atoms with Crippen LogP contribution in [0.3, 0.4) is 0 Å². The van der Waals surface area contributed by atoms with Crippen LogP contribution in [-0.4, -0.2) is 16.4 Å². The Morgan fingerprint density at radius 1 is 1.52 bits per heavy atom. The normalized spacial score (nSPS) is 14.9. The van der Waals surface area contributed by atoms with Crippen LogP contribution in [0, 0.1) is 6.92 Å². The molecule has 0 amide bonds. The predicted octanol–water partition coefficient (Wildman–Crippen LogP) is 2.17. The third-order valence-corrected chi connectivity index (χ3v) is 4.56. The van der Waals surface area contributed by atoms with E-state index in [9.17, 15) is 0 Å². The number of halogens is 1. The maximum atomic E-state index is 5.79. The molecular formula is C15H19BrN4O. The van der Waals surface area contributed by atoms with Gasteiger partial charge in [0.25, 0.3) is 0 Å². The van der Waals surface area contributed by atoms with Crippen molar-refractivity contribution in [3.8, 4) is 5.75 Å². The fourth-order valence-corrected chi connectivity index (χ4v) is 3.39. The molecule has 6 heteroatoms. The molecule has 1 aliphatic heterocycles. The Kier molecular flexibility index (Phi) is 4.01. The van der Waals surface area contributed by atoms with Crippen molar-refractivity contribution in [3.05, 3.63) is 45.2 Å². The summed E-state index contributed by atoms with van der Waals surface area (Å²) in [7, 11) is 1.94. The quantitative estimate of drug-likeness (QED) is 0.655. The molecule has 1 aliphatic rings. The highest BCUT2D eigenvalue weighted by atomic mass is 79.9.